The number of hydrogen-bond acceptors (Lipinski definition) is 5. The van der Waals surface area contributed by atoms with Gasteiger partial charge in [-0.1, -0.05) is 0 Å². The van der Waals surface area contributed by atoms with Crippen molar-refractivity contribution < 1.29 is 13.2 Å². The van der Waals surface area contributed by atoms with E-state index in [1.165, 1.54) is 4.31 Å². The van der Waals surface area contributed by atoms with Gasteiger partial charge in [-0.2, -0.15) is 0 Å². The van der Waals surface area contributed by atoms with Crippen LogP contribution in [0.5, 0.6) is 5.75 Å². The lowest BCUT2D eigenvalue weighted by molar-refractivity contribution is 0.414. The van der Waals surface area contributed by atoms with Crippen LogP contribution in [0.2, 0.25) is 0 Å². The van der Waals surface area contributed by atoms with Crippen molar-refractivity contribution in [3.8, 4) is 5.75 Å². The van der Waals surface area contributed by atoms with Crippen LogP contribution >= 0.6 is 0 Å². The average molecular weight is 333 g/mol. The highest BCUT2D eigenvalue weighted by Crippen LogP contribution is 2.34. The number of likely N-dealkylation sites (N-methyl/N-ethyl adjacent to an activating group) is 1. The zero-order valence-corrected chi connectivity index (χ0v) is 14.0. The van der Waals surface area contributed by atoms with Gasteiger partial charge >= 0.3 is 0 Å². The lowest BCUT2D eigenvalue weighted by atomic mass is 10.3. The quantitative estimate of drug-likeness (QED) is 0.858. The molecule has 1 aromatic carbocycles. The number of benzene rings is 1. The first-order valence-corrected chi connectivity index (χ1v) is 8.88. The second-order valence-corrected chi connectivity index (χ2v) is 7.04. The van der Waals surface area contributed by atoms with Gasteiger partial charge in [-0.05, 0) is 43.3 Å². The lowest BCUT2D eigenvalue weighted by Gasteiger charge is -2.36. The number of hydrogen-bond donors (Lipinski definition) is 0. The van der Waals surface area contributed by atoms with Gasteiger partial charge in [0.2, 0.25) is 0 Å². The molecule has 2 heterocycles. The normalized spacial score (nSPS) is 14.5. The third-order valence-corrected chi connectivity index (χ3v) is 5.76. The molecule has 0 aliphatic carbocycles. The summed E-state index contributed by atoms with van der Waals surface area (Å²) in [7, 11) is -2.07. The summed E-state index contributed by atoms with van der Waals surface area (Å²) in [6.07, 6.45) is 1.69. The number of pyridine rings is 1. The fraction of sp³-hybridized carbons (Fsp3) is 0.312. The minimum atomic E-state index is -3.62. The molecule has 122 valence electrons. The van der Waals surface area contributed by atoms with Crippen molar-refractivity contribution in [2.75, 3.05) is 35.9 Å². The Morgan fingerprint density at radius 3 is 2.57 bits per heavy atom. The van der Waals surface area contributed by atoms with Crippen LogP contribution in [0.25, 0.3) is 0 Å². The highest BCUT2D eigenvalue weighted by molar-refractivity contribution is 7.92. The molecule has 0 bridgehead atoms. The second kappa shape index (κ2) is 6.08. The Morgan fingerprint density at radius 2 is 1.91 bits per heavy atom. The summed E-state index contributed by atoms with van der Waals surface area (Å²) in [4.78, 5) is 6.68. The van der Waals surface area contributed by atoms with Crippen molar-refractivity contribution in [1.29, 1.82) is 0 Å². The molecule has 0 atom stereocenters. The van der Waals surface area contributed by atoms with E-state index in [1.54, 1.807) is 49.7 Å². The van der Waals surface area contributed by atoms with Gasteiger partial charge in [-0.3, -0.25) is 4.31 Å². The second-order valence-electron chi connectivity index (χ2n) is 5.18. The summed E-state index contributed by atoms with van der Waals surface area (Å²) in [6, 6.07) is 9.99. The minimum absolute atomic E-state index is 0.248. The standard InChI is InChI=1S/C16H19N3O3S/c1-3-18-11-12-19(15-5-4-10-17-16(15)18)23(20,21)14-8-6-13(22-2)7-9-14/h4-10H,3,11-12H2,1-2H3. The lowest BCUT2D eigenvalue weighted by Crippen LogP contribution is -2.44. The Morgan fingerprint density at radius 1 is 1.17 bits per heavy atom. The average Bonchev–Trinajstić information content (AvgIpc) is 2.60. The monoisotopic (exact) mass is 333 g/mol. The molecule has 0 saturated heterocycles. The third-order valence-electron chi connectivity index (χ3n) is 3.94. The number of fused-ring (bicyclic) bond motifs is 1. The zero-order valence-electron chi connectivity index (χ0n) is 13.1. The molecule has 0 fully saturated rings. The minimum Gasteiger partial charge on any atom is -0.497 e. The van der Waals surface area contributed by atoms with Crippen LogP contribution < -0.4 is 13.9 Å². The van der Waals surface area contributed by atoms with E-state index in [2.05, 4.69) is 9.88 Å². The number of ether oxygens (including phenoxy) is 1. The van der Waals surface area contributed by atoms with Crippen molar-refractivity contribution in [2.24, 2.45) is 0 Å². The number of anilines is 2. The number of aromatic nitrogens is 1. The van der Waals surface area contributed by atoms with Crippen molar-refractivity contribution in [3.63, 3.8) is 0 Å². The van der Waals surface area contributed by atoms with E-state index in [0.717, 1.165) is 6.54 Å². The summed E-state index contributed by atoms with van der Waals surface area (Å²) in [5.74, 6) is 1.33. The first-order valence-electron chi connectivity index (χ1n) is 7.44. The third kappa shape index (κ3) is 2.72. The number of rotatable bonds is 4. The van der Waals surface area contributed by atoms with Crippen LogP contribution in [0.15, 0.2) is 47.5 Å². The molecule has 1 aromatic heterocycles. The summed E-state index contributed by atoms with van der Waals surface area (Å²) in [6.45, 7) is 3.85. The van der Waals surface area contributed by atoms with Crippen molar-refractivity contribution in [3.05, 3.63) is 42.6 Å². The Labute approximate surface area is 136 Å². The summed E-state index contributed by atoms with van der Waals surface area (Å²) in [5.41, 5.74) is 0.622. The Balaban J connectivity index is 2.03. The van der Waals surface area contributed by atoms with Gasteiger partial charge in [0.05, 0.1) is 24.2 Å². The molecule has 6 nitrogen and oxygen atoms in total. The van der Waals surface area contributed by atoms with E-state index < -0.39 is 10.0 Å². The molecule has 0 saturated carbocycles. The predicted octanol–water partition coefficient (Wildman–Crippen LogP) is 2.13. The Hall–Kier alpha value is -2.28. The molecule has 3 rings (SSSR count). The van der Waals surface area contributed by atoms with Gasteiger partial charge in [-0.25, -0.2) is 13.4 Å². The molecule has 23 heavy (non-hydrogen) atoms. The molecule has 0 radical (unpaired) electrons. The fourth-order valence-electron chi connectivity index (χ4n) is 2.70. The van der Waals surface area contributed by atoms with Crippen LogP contribution in [0.1, 0.15) is 6.92 Å². The van der Waals surface area contributed by atoms with Gasteiger partial charge < -0.3 is 9.64 Å². The van der Waals surface area contributed by atoms with Gasteiger partial charge in [0.15, 0.2) is 5.82 Å². The number of methoxy groups -OCH3 is 1. The Bertz CT molecular complexity index is 790. The fourth-order valence-corrected chi connectivity index (χ4v) is 4.16. The molecule has 1 aliphatic heterocycles. The summed E-state index contributed by atoms with van der Waals surface area (Å²) in [5, 5.41) is 0. The van der Waals surface area contributed by atoms with Gasteiger partial charge in [-0.15, -0.1) is 0 Å². The first kappa shape index (κ1) is 15.6. The molecule has 2 aromatic rings. The van der Waals surface area contributed by atoms with Crippen LogP contribution in [0, 0.1) is 0 Å². The zero-order chi connectivity index (χ0) is 16.4. The molecule has 7 heteroatoms. The van der Waals surface area contributed by atoms with Gasteiger partial charge in [0.1, 0.15) is 5.75 Å². The molecular weight excluding hydrogens is 314 g/mol. The topological polar surface area (TPSA) is 62.7 Å². The van der Waals surface area contributed by atoms with Gasteiger partial charge in [0, 0.05) is 19.3 Å². The summed E-state index contributed by atoms with van der Waals surface area (Å²) >= 11 is 0. The molecule has 0 amide bonds. The van der Waals surface area contributed by atoms with Crippen molar-refractivity contribution in [1.82, 2.24) is 4.98 Å². The van der Waals surface area contributed by atoms with E-state index in [1.807, 2.05) is 6.92 Å². The predicted molar refractivity (Wildman–Crippen MR) is 89.6 cm³/mol. The van der Waals surface area contributed by atoms with Crippen molar-refractivity contribution in [2.45, 2.75) is 11.8 Å². The largest absolute Gasteiger partial charge is 0.497 e. The summed E-state index contributed by atoms with van der Waals surface area (Å²) < 4.78 is 32.5. The number of nitrogens with zero attached hydrogens (tertiary/aromatic N) is 3. The smallest absolute Gasteiger partial charge is 0.264 e. The molecule has 1 aliphatic rings. The van der Waals surface area contributed by atoms with Crippen LogP contribution in [0.4, 0.5) is 11.5 Å². The van der Waals surface area contributed by atoms with Gasteiger partial charge in [0.25, 0.3) is 10.0 Å². The van der Waals surface area contributed by atoms with E-state index in [-0.39, 0.29) is 4.90 Å². The molecular formula is C16H19N3O3S. The molecule has 0 spiro atoms. The number of sulfonamides is 1. The first-order chi connectivity index (χ1) is 11.1. The molecule has 0 unspecified atom stereocenters. The highest BCUT2D eigenvalue weighted by Gasteiger charge is 2.32. The van der Waals surface area contributed by atoms with E-state index >= 15 is 0 Å². The van der Waals surface area contributed by atoms with Crippen molar-refractivity contribution >= 4 is 21.5 Å². The van der Waals surface area contributed by atoms with Crippen LogP contribution in [-0.4, -0.2) is 40.1 Å². The van der Waals surface area contributed by atoms with Crippen LogP contribution in [-0.2, 0) is 10.0 Å². The maximum absolute atomic E-state index is 13.0. The molecule has 0 N–H and O–H groups in total. The maximum Gasteiger partial charge on any atom is 0.264 e. The van der Waals surface area contributed by atoms with E-state index in [9.17, 15) is 8.42 Å². The van der Waals surface area contributed by atoms with E-state index in [4.69, 9.17) is 4.74 Å². The Kier molecular flexibility index (Phi) is 4.12. The van der Waals surface area contributed by atoms with Crippen LogP contribution in [0.3, 0.4) is 0 Å². The SMILES string of the molecule is CCN1CCN(S(=O)(=O)c2ccc(OC)cc2)c2cccnc21. The maximum atomic E-state index is 13.0. The van der Waals surface area contributed by atoms with E-state index in [0.29, 0.717) is 30.3 Å². The highest BCUT2D eigenvalue weighted by atomic mass is 32.2.